The van der Waals surface area contributed by atoms with E-state index in [-0.39, 0.29) is 5.92 Å². The predicted octanol–water partition coefficient (Wildman–Crippen LogP) is 1.98. The van der Waals surface area contributed by atoms with Crippen molar-refractivity contribution in [2.75, 3.05) is 47.1 Å². The van der Waals surface area contributed by atoms with Crippen LogP contribution in [0.2, 0.25) is 0 Å². The van der Waals surface area contributed by atoms with Crippen molar-refractivity contribution in [1.82, 2.24) is 4.90 Å². The van der Waals surface area contributed by atoms with Crippen LogP contribution >= 0.6 is 0 Å². The zero-order chi connectivity index (χ0) is 14.1. The summed E-state index contributed by atoms with van der Waals surface area (Å²) in [5, 5.41) is 0. The molecular formula is C15H29NO3. The van der Waals surface area contributed by atoms with E-state index in [1.165, 1.54) is 0 Å². The molecule has 4 heteroatoms. The number of rotatable bonds is 9. The molecule has 2 unspecified atom stereocenters. The van der Waals surface area contributed by atoms with E-state index >= 15 is 0 Å². The molecule has 4 nitrogen and oxygen atoms in total. The third kappa shape index (κ3) is 6.50. The second-order valence-electron chi connectivity index (χ2n) is 5.68. The highest BCUT2D eigenvalue weighted by Crippen LogP contribution is 2.26. The first-order chi connectivity index (χ1) is 9.17. The summed E-state index contributed by atoms with van der Waals surface area (Å²) in [6.07, 6.45) is 3.89. The van der Waals surface area contributed by atoms with Crippen LogP contribution < -0.4 is 0 Å². The first-order valence-corrected chi connectivity index (χ1v) is 7.40. The van der Waals surface area contributed by atoms with E-state index in [9.17, 15) is 4.79 Å². The lowest BCUT2D eigenvalue weighted by Crippen LogP contribution is -2.38. The predicted molar refractivity (Wildman–Crippen MR) is 76.3 cm³/mol. The molecule has 112 valence electrons. The second kappa shape index (κ2) is 9.45. The van der Waals surface area contributed by atoms with E-state index in [2.05, 4.69) is 11.8 Å². The van der Waals surface area contributed by atoms with E-state index in [0.29, 0.717) is 11.7 Å². The Morgan fingerprint density at radius 2 is 1.95 bits per heavy atom. The molecule has 0 amide bonds. The molecule has 1 rings (SSSR count). The first kappa shape index (κ1) is 16.6. The van der Waals surface area contributed by atoms with E-state index in [0.717, 1.165) is 58.5 Å². The SMILES string of the molecule is COCCCN(CCOC)CC1CC(C)CCC1=O. The third-order valence-electron chi connectivity index (χ3n) is 3.94. The van der Waals surface area contributed by atoms with Crippen molar-refractivity contribution >= 4 is 5.78 Å². The summed E-state index contributed by atoms with van der Waals surface area (Å²) in [4.78, 5) is 14.3. The van der Waals surface area contributed by atoms with Crippen molar-refractivity contribution in [2.45, 2.75) is 32.6 Å². The van der Waals surface area contributed by atoms with Crippen molar-refractivity contribution in [3.05, 3.63) is 0 Å². The maximum Gasteiger partial charge on any atom is 0.137 e. The summed E-state index contributed by atoms with van der Waals surface area (Å²) in [5.41, 5.74) is 0. The molecule has 0 aromatic rings. The van der Waals surface area contributed by atoms with Gasteiger partial charge in [0.25, 0.3) is 0 Å². The minimum atomic E-state index is 0.225. The van der Waals surface area contributed by atoms with Crippen LogP contribution in [0.3, 0.4) is 0 Å². The average Bonchev–Trinajstić information content (AvgIpc) is 2.40. The maximum atomic E-state index is 12.0. The number of hydrogen-bond donors (Lipinski definition) is 0. The van der Waals surface area contributed by atoms with Gasteiger partial charge in [-0.1, -0.05) is 6.92 Å². The van der Waals surface area contributed by atoms with Crippen molar-refractivity contribution < 1.29 is 14.3 Å². The number of ketones is 1. The highest BCUT2D eigenvalue weighted by atomic mass is 16.5. The fourth-order valence-corrected chi connectivity index (χ4v) is 2.76. The standard InChI is InChI=1S/C15H29NO3/c1-13-5-6-15(17)14(11-13)12-16(8-10-19-3)7-4-9-18-2/h13-14H,4-12H2,1-3H3. The van der Waals surface area contributed by atoms with Gasteiger partial charge in [0.1, 0.15) is 5.78 Å². The van der Waals surface area contributed by atoms with Gasteiger partial charge in [-0.3, -0.25) is 4.79 Å². The molecule has 19 heavy (non-hydrogen) atoms. The van der Waals surface area contributed by atoms with Gasteiger partial charge in [0.2, 0.25) is 0 Å². The smallest absolute Gasteiger partial charge is 0.137 e. The van der Waals surface area contributed by atoms with Crippen LogP contribution in [0.15, 0.2) is 0 Å². The van der Waals surface area contributed by atoms with Crippen LogP contribution in [0, 0.1) is 11.8 Å². The van der Waals surface area contributed by atoms with Crippen molar-refractivity contribution in [3.63, 3.8) is 0 Å². The molecule has 0 heterocycles. The Kier molecular flexibility index (Phi) is 8.26. The molecule has 2 atom stereocenters. The largest absolute Gasteiger partial charge is 0.385 e. The van der Waals surface area contributed by atoms with Gasteiger partial charge in [0.15, 0.2) is 0 Å². The number of methoxy groups -OCH3 is 2. The summed E-state index contributed by atoms with van der Waals surface area (Å²) < 4.78 is 10.3. The summed E-state index contributed by atoms with van der Waals surface area (Å²) in [7, 11) is 3.45. The summed E-state index contributed by atoms with van der Waals surface area (Å²) >= 11 is 0. The molecule has 0 spiro atoms. The molecule has 1 aliphatic carbocycles. The molecule has 0 N–H and O–H groups in total. The number of hydrogen-bond acceptors (Lipinski definition) is 4. The zero-order valence-electron chi connectivity index (χ0n) is 12.7. The molecule has 0 saturated heterocycles. The molecule has 0 bridgehead atoms. The molecule has 0 aromatic heterocycles. The third-order valence-corrected chi connectivity index (χ3v) is 3.94. The maximum absolute atomic E-state index is 12.0. The number of carbonyl (C=O) groups is 1. The minimum absolute atomic E-state index is 0.225. The van der Waals surface area contributed by atoms with Crippen LogP contribution in [0.1, 0.15) is 32.6 Å². The fourth-order valence-electron chi connectivity index (χ4n) is 2.76. The van der Waals surface area contributed by atoms with Crippen LogP contribution in [0.25, 0.3) is 0 Å². The first-order valence-electron chi connectivity index (χ1n) is 7.40. The Morgan fingerprint density at radius 1 is 1.21 bits per heavy atom. The minimum Gasteiger partial charge on any atom is -0.385 e. The Balaban J connectivity index is 2.41. The van der Waals surface area contributed by atoms with Gasteiger partial charge >= 0.3 is 0 Å². The summed E-state index contributed by atoms with van der Waals surface area (Å²) in [5.74, 6) is 1.36. The van der Waals surface area contributed by atoms with Gasteiger partial charge in [0, 0.05) is 52.8 Å². The normalized spacial score (nSPS) is 24.1. The molecule has 1 aliphatic rings. The lowest BCUT2D eigenvalue weighted by Gasteiger charge is -2.31. The van der Waals surface area contributed by atoms with E-state index in [4.69, 9.17) is 9.47 Å². The van der Waals surface area contributed by atoms with E-state index in [1.54, 1.807) is 14.2 Å². The molecule has 1 saturated carbocycles. The van der Waals surface area contributed by atoms with Gasteiger partial charge < -0.3 is 14.4 Å². The Bertz CT molecular complexity index is 258. The van der Waals surface area contributed by atoms with Gasteiger partial charge in [0.05, 0.1) is 6.61 Å². The van der Waals surface area contributed by atoms with Crippen LogP contribution in [0.4, 0.5) is 0 Å². The van der Waals surface area contributed by atoms with Crippen LogP contribution in [0.5, 0.6) is 0 Å². The fraction of sp³-hybridized carbons (Fsp3) is 0.933. The van der Waals surface area contributed by atoms with E-state index in [1.807, 2.05) is 0 Å². The second-order valence-corrected chi connectivity index (χ2v) is 5.68. The quantitative estimate of drug-likeness (QED) is 0.601. The number of nitrogens with zero attached hydrogens (tertiary/aromatic N) is 1. The Labute approximate surface area is 117 Å². The average molecular weight is 271 g/mol. The molecule has 1 fully saturated rings. The van der Waals surface area contributed by atoms with Crippen molar-refractivity contribution in [3.8, 4) is 0 Å². The van der Waals surface area contributed by atoms with Crippen LogP contribution in [-0.4, -0.2) is 57.8 Å². The number of ether oxygens (including phenoxy) is 2. The number of carbonyl (C=O) groups excluding carboxylic acids is 1. The summed E-state index contributed by atoms with van der Waals surface area (Å²) in [6, 6.07) is 0. The lowest BCUT2D eigenvalue weighted by atomic mass is 9.81. The van der Waals surface area contributed by atoms with Gasteiger partial charge in [-0.25, -0.2) is 0 Å². The van der Waals surface area contributed by atoms with Crippen molar-refractivity contribution in [1.29, 1.82) is 0 Å². The van der Waals surface area contributed by atoms with Crippen LogP contribution in [-0.2, 0) is 14.3 Å². The molecule has 0 radical (unpaired) electrons. The molecule has 0 aromatic carbocycles. The van der Waals surface area contributed by atoms with Gasteiger partial charge in [-0.05, 0) is 25.2 Å². The summed E-state index contributed by atoms with van der Waals surface area (Å²) in [6.45, 7) is 6.52. The number of Topliss-reactive ketones (excluding diaryl/α,β-unsaturated/α-hetero) is 1. The van der Waals surface area contributed by atoms with Gasteiger partial charge in [-0.2, -0.15) is 0 Å². The molecular weight excluding hydrogens is 242 g/mol. The van der Waals surface area contributed by atoms with Crippen molar-refractivity contribution in [2.24, 2.45) is 11.8 Å². The highest BCUT2D eigenvalue weighted by molar-refractivity contribution is 5.81. The lowest BCUT2D eigenvalue weighted by molar-refractivity contribution is -0.126. The zero-order valence-corrected chi connectivity index (χ0v) is 12.7. The van der Waals surface area contributed by atoms with E-state index < -0.39 is 0 Å². The monoisotopic (exact) mass is 271 g/mol. The Hall–Kier alpha value is -0.450. The topological polar surface area (TPSA) is 38.8 Å². The highest BCUT2D eigenvalue weighted by Gasteiger charge is 2.27. The van der Waals surface area contributed by atoms with Gasteiger partial charge in [-0.15, -0.1) is 0 Å². The molecule has 0 aliphatic heterocycles. The Morgan fingerprint density at radius 3 is 2.63 bits per heavy atom.